The lowest BCUT2D eigenvalue weighted by atomic mass is 9.43. The molecule has 6 aliphatic rings. The van der Waals surface area contributed by atoms with E-state index in [1.54, 1.807) is 13.0 Å². The molecule has 230 valence electrons. The van der Waals surface area contributed by atoms with Gasteiger partial charge in [0.15, 0.2) is 6.29 Å². The number of aliphatic hydroxyl groups is 4. The number of hydrogen-bond acceptors (Lipinski definition) is 10. The third-order valence-electron chi connectivity index (χ3n) is 12.3. The molecule has 10 heteroatoms. The smallest absolute Gasteiger partial charge is 0.331 e. The molecule has 4 saturated carbocycles. The van der Waals surface area contributed by atoms with Crippen LogP contribution in [-0.4, -0.2) is 88.0 Å². The van der Waals surface area contributed by atoms with Crippen LogP contribution in [0.15, 0.2) is 11.6 Å². The van der Waals surface area contributed by atoms with Gasteiger partial charge < -0.3 is 39.4 Å². The van der Waals surface area contributed by atoms with Gasteiger partial charge in [-0.25, -0.2) is 4.79 Å². The van der Waals surface area contributed by atoms with E-state index < -0.39 is 36.3 Å². The minimum absolute atomic E-state index is 0.0649. The maximum Gasteiger partial charge on any atom is 0.331 e. The molecule has 0 aromatic carbocycles. The van der Waals surface area contributed by atoms with E-state index in [4.69, 9.17) is 18.9 Å². The van der Waals surface area contributed by atoms with Crippen molar-refractivity contribution in [3.05, 3.63) is 11.6 Å². The summed E-state index contributed by atoms with van der Waals surface area (Å²) >= 11 is 0. The second kappa shape index (κ2) is 10.6. The fourth-order valence-electron chi connectivity index (χ4n) is 10.1. The Kier molecular flexibility index (Phi) is 7.60. The Morgan fingerprint density at radius 3 is 2.51 bits per heavy atom. The van der Waals surface area contributed by atoms with Crippen LogP contribution >= 0.6 is 0 Å². The highest BCUT2D eigenvalue weighted by atomic mass is 16.7. The molecule has 5 fully saturated rings. The van der Waals surface area contributed by atoms with Crippen molar-refractivity contribution in [3.63, 3.8) is 0 Å². The van der Waals surface area contributed by atoms with E-state index in [2.05, 4.69) is 6.92 Å². The highest BCUT2D eigenvalue weighted by Crippen LogP contribution is 2.70. The molecule has 2 heterocycles. The van der Waals surface area contributed by atoms with E-state index in [0.29, 0.717) is 32.5 Å². The Bertz CT molecular complexity index is 1080. The predicted octanol–water partition coefficient (Wildman–Crippen LogP) is 2.00. The summed E-state index contributed by atoms with van der Waals surface area (Å²) in [7, 11) is 0. The molecule has 13 atom stereocenters. The zero-order valence-electron chi connectivity index (χ0n) is 24.4. The molecule has 0 aromatic rings. The van der Waals surface area contributed by atoms with Gasteiger partial charge in [-0.15, -0.1) is 0 Å². The minimum Gasteiger partial charge on any atom is -0.465 e. The molecule has 4 N–H and O–H groups in total. The predicted molar refractivity (Wildman–Crippen MR) is 144 cm³/mol. The molecule has 10 nitrogen and oxygen atoms in total. The molecule has 41 heavy (non-hydrogen) atoms. The topological polar surface area (TPSA) is 152 Å². The molecule has 1 saturated heterocycles. The van der Waals surface area contributed by atoms with Crippen molar-refractivity contribution >= 4 is 11.9 Å². The minimum atomic E-state index is -1.35. The van der Waals surface area contributed by atoms with Crippen molar-refractivity contribution in [2.75, 3.05) is 13.2 Å². The summed E-state index contributed by atoms with van der Waals surface area (Å²) in [4.78, 5) is 23.9. The van der Waals surface area contributed by atoms with Crippen LogP contribution in [0.5, 0.6) is 0 Å². The maximum absolute atomic E-state index is 12.5. The van der Waals surface area contributed by atoms with E-state index in [1.807, 2.05) is 0 Å². The largest absolute Gasteiger partial charge is 0.465 e. The van der Waals surface area contributed by atoms with Gasteiger partial charge in [-0.3, -0.25) is 4.79 Å². The second-order valence-electron chi connectivity index (χ2n) is 14.0. The molecule has 0 bridgehead atoms. The summed E-state index contributed by atoms with van der Waals surface area (Å²) < 4.78 is 23.0. The lowest BCUT2D eigenvalue weighted by Crippen LogP contribution is -2.64. The highest BCUT2D eigenvalue weighted by molar-refractivity contribution is 5.85. The van der Waals surface area contributed by atoms with Crippen molar-refractivity contribution in [1.82, 2.24) is 0 Å². The van der Waals surface area contributed by atoms with Crippen LogP contribution < -0.4 is 0 Å². The molecule has 0 spiro atoms. The van der Waals surface area contributed by atoms with E-state index >= 15 is 0 Å². The lowest BCUT2D eigenvalue weighted by molar-refractivity contribution is -0.311. The Morgan fingerprint density at radius 1 is 1.02 bits per heavy atom. The number of fused-ring (bicyclic) bond motifs is 5. The molecular formula is C31H46O10. The number of carbonyl (C=O) groups is 2. The number of cyclic esters (lactones) is 1. The fraction of sp³-hybridized carbons (Fsp3) is 0.871. The Balaban J connectivity index is 1.23. The van der Waals surface area contributed by atoms with Gasteiger partial charge in [0.25, 0.3) is 0 Å². The molecule has 0 radical (unpaired) electrons. The average molecular weight is 579 g/mol. The molecule has 4 aliphatic carbocycles. The van der Waals surface area contributed by atoms with Crippen LogP contribution in [0.25, 0.3) is 0 Å². The van der Waals surface area contributed by atoms with Gasteiger partial charge in [-0.2, -0.15) is 0 Å². The number of carbonyl (C=O) groups excluding carboxylic acids is 2. The van der Waals surface area contributed by atoms with Crippen LogP contribution in [-0.2, 0) is 28.5 Å². The summed E-state index contributed by atoms with van der Waals surface area (Å²) in [5.41, 5.74) is -0.501. The van der Waals surface area contributed by atoms with Gasteiger partial charge in [0.05, 0.1) is 24.4 Å². The molecule has 0 aromatic heterocycles. The van der Waals surface area contributed by atoms with Crippen LogP contribution in [0, 0.1) is 34.5 Å². The number of ether oxygens (including phenoxy) is 4. The van der Waals surface area contributed by atoms with Gasteiger partial charge >= 0.3 is 11.9 Å². The Hall–Kier alpha value is -1.56. The monoisotopic (exact) mass is 578 g/mol. The fourth-order valence-corrected chi connectivity index (χ4v) is 10.1. The van der Waals surface area contributed by atoms with Crippen molar-refractivity contribution in [3.8, 4) is 0 Å². The van der Waals surface area contributed by atoms with E-state index in [1.165, 1.54) is 6.92 Å². The summed E-state index contributed by atoms with van der Waals surface area (Å²) in [6.07, 6.45) is 2.96. The zero-order chi connectivity index (χ0) is 29.3. The summed E-state index contributed by atoms with van der Waals surface area (Å²) in [6.45, 7) is 5.91. The van der Waals surface area contributed by atoms with E-state index in [-0.39, 0.29) is 52.5 Å². The third-order valence-corrected chi connectivity index (χ3v) is 12.3. The highest BCUT2D eigenvalue weighted by Gasteiger charge is 2.68. The Morgan fingerprint density at radius 2 is 1.80 bits per heavy atom. The standard InChI is InChI=1S/C31H46O10/c1-16-25(34)26(35)27(36)28(40-16)41-20-6-10-30(15-39-17(2)32)19(13-20)4-5-23-22(30)7-9-29(3)21(8-11-31(23,29)37)18-12-24(33)38-14-18/h12,16,19-23,25-28,34-37H,4-11,13-15H2,1-3H3. The normalized spacial score (nSPS) is 51.2. The molecule has 0 amide bonds. The average Bonchev–Trinajstić information content (AvgIpc) is 3.48. The SMILES string of the molecule is CC(=O)OCC12CCC(OC3OC(C)C(O)C(O)C3O)CC1CCC1C2CCC2(C)C(C3=CC(=O)OC3)CCC12O. The van der Waals surface area contributed by atoms with Crippen molar-refractivity contribution in [2.24, 2.45) is 34.5 Å². The van der Waals surface area contributed by atoms with Crippen molar-refractivity contribution < 1.29 is 49.0 Å². The second-order valence-corrected chi connectivity index (χ2v) is 14.0. The van der Waals surface area contributed by atoms with E-state index in [0.717, 1.165) is 44.1 Å². The zero-order valence-corrected chi connectivity index (χ0v) is 24.4. The quantitative estimate of drug-likeness (QED) is 0.282. The van der Waals surface area contributed by atoms with Gasteiger partial charge in [0, 0.05) is 23.8 Å². The molecule has 2 aliphatic heterocycles. The number of esters is 2. The first-order valence-corrected chi connectivity index (χ1v) is 15.5. The number of rotatable bonds is 5. The summed E-state index contributed by atoms with van der Waals surface area (Å²) in [5, 5.41) is 43.4. The molecule has 6 rings (SSSR count). The maximum atomic E-state index is 12.5. The first-order valence-electron chi connectivity index (χ1n) is 15.5. The lowest BCUT2D eigenvalue weighted by Gasteiger charge is -2.64. The van der Waals surface area contributed by atoms with Crippen LogP contribution in [0.4, 0.5) is 0 Å². The number of hydrogen-bond donors (Lipinski definition) is 4. The van der Waals surface area contributed by atoms with E-state index in [9.17, 15) is 30.0 Å². The van der Waals surface area contributed by atoms with Gasteiger partial charge in [-0.05, 0) is 94.0 Å². The Labute approximate surface area is 241 Å². The van der Waals surface area contributed by atoms with Crippen LogP contribution in [0.3, 0.4) is 0 Å². The van der Waals surface area contributed by atoms with Crippen LogP contribution in [0.1, 0.15) is 78.6 Å². The third kappa shape index (κ3) is 4.59. The first kappa shape index (κ1) is 29.5. The van der Waals surface area contributed by atoms with Gasteiger partial charge in [-0.1, -0.05) is 6.92 Å². The first-order chi connectivity index (χ1) is 19.4. The van der Waals surface area contributed by atoms with Gasteiger partial charge in [0.2, 0.25) is 0 Å². The summed E-state index contributed by atoms with van der Waals surface area (Å²) in [5.74, 6) is -0.0399. The molecule has 13 unspecified atom stereocenters. The molecular weight excluding hydrogens is 532 g/mol. The van der Waals surface area contributed by atoms with Gasteiger partial charge in [0.1, 0.15) is 24.9 Å². The summed E-state index contributed by atoms with van der Waals surface area (Å²) in [6, 6.07) is 0. The van der Waals surface area contributed by atoms with Crippen molar-refractivity contribution in [1.29, 1.82) is 0 Å². The number of aliphatic hydroxyl groups excluding tert-OH is 3. The van der Waals surface area contributed by atoms with Crippen LogP contribution in [0.2, 0.25) is 0 Å². The van der Waals surface area contributed by atoms with Crippen molar-refractivity contribution in [2.45, 2.75) is 121 Å².